The van der Waals surface area contributed by atoms with Gasteiger partial charge in [0.05, 0.1) is 11.8 Å². The molecule has 3 aromatic rings. The van der Waals surface area contributed by atoms with E-state index in [1.54, 1.807) is 12.1 Å². The molecule has 2 aromatic carbocycles. The minimum absolute atomic E-state index is 0.129. The summed E-state index contributed by atoms with van der Waals surface area (Å²) < 4.78 is 1.86. The van der Waals surface area contributed by atoms with Crippen molar-refractivity contribution in [3.8, 4) is 0 Å². The third kappa shape index (κ3) is 6.07. The van der Waals surface area contributed by atoms with Crippen molar-refractivity contribution in [1.29, 1.82) is 0 Å². The molecule has 1 heterocycles. The molecule has 7 nitrogen and oxygen atoms in total. The maximum absolute atomic E-state index is 12.6. The molecule has 3 rings (SSSR count). The van der Waals surface area contributed by atoms with Gasteiger partial charge in [-0.2, -0.15) is 0 Å². The Bertz CT molecular complexity index is 1130. The van der Waals surface area contributed by atoms with Crippen molar-refractivity contribution < 1.29 is 9.59 Å². The first-order valence-electron chi connectivity index (χ1n) is 10.3. The van der Waals surface area contributed by atoms with Crippen molar-refractivity contribution >= 4 is 29.3 Å². The number of carbonyl (C=O) groups excluding carboxylic acids is 2. The molecule has 2 N–H and O–H groups in total. The molecule has 0 aliphatic heterocycles. The number of hydrogen-bond acceptors (Lipinski definition) is 5. The van der Waals surface area contributed by atoms with Crippen molar-refractivity contribution in [3.05, 3.63) is 83.7 Å². The van der Waals surface area contributed by atoms with Gasteiger partial charge in [0.2, 0.25) is 5.91 Å². The van der Waals surface area contributed by atoms with Crippen molar-refractivity contribution in [2.45, 2.75) is 38.5 Å². The third-order valence-corrected chi connectivity index (χ3v) is 5.67. The van der Waals surface area contributed by atoms with Gasteiger partial charge in [0.25, 0.3) is 5.91 Å². The van der Waals surface area contributed by atoms with Gasteiger partial charge in [-0.25, -0.2) is 0 Å². The number of hydrogen-bond donors (Lipinski definition) is 2. The van der Waals surface area contributed by atoms with Crippen LogP contribution < -0.4 is 10.6 Å². The Morgan fingerprint density at radius 2 is 1.84 bits per heavy atom. The van der Waals surface area contributed by atoms with Crippen LogP contribution in [0.25, 0.3) is 0 Å². The van der Waals surface area contributed by atoms with Gasteiger partial charge in [-0.1, -0.05) is 47.7 Å². The molecule has 0 saturated heterocycles. The van der Waals surface area contributed by atoms with Crippen molar-refractivity contribution in [3.63, 3.8) is 0 Å². The summed E-state index contributed by atoms with van der Waals surface area (Å²) in [6.07, 6.45) is 1.73. The standard InChI is InChI=1S/C24H27N5O2S/c1-5-12-29-22(18(4)25-23(31)19-10-6-8-16(2)13-19)27-28-24(29)32-15-21(30)26-20-11-7-9-17(3)14-20/h5-11,13-14,18H,1,12,15H2,2-4H3,(H,25,31)(H,26,30)/t18-/m0/s1. The van der Waals surface area contributed by atoms with Gasteiger partial charge in [-0.05, 0) is 50.6 Å². The third-order valence-electron chi connectivity index (χ3n) is 4.71. The zero-order valence-electron chi connectivity index (χ0n) is 18.5. The molecule has 0 spiro atoms. The molecule has 0 saturated carbocycles. The van der Waals surface area contributed by atoms with Gasteiger partial charge in [-0.3, -0.25) is 9.59 Å². The van der Waals surface area contributed by atoms with Crippen LogP contribution in [0.4, 0.5) is 5.69 Å². The number of aromatic nitrogens is 3. The summed E-state index contributed by atoms with van der Waals surface area (Å²) in [5.41, 5.74) is 3.45. The van der Waals surface area contributed by atoms with E-state index in [1.807, 2.05) is 67.8 Å². The normalized spacial score (nSPS) is 11.6. The zero-order valence-corrected chi connectivity index (χ0v) is 19.3. The van der Waals surface area contributed by atoms with Crippen molar-refractivity contribution in [2.75, 3.05) is 11.1 Å². The first-order chi connectivity index (χ1) is 15.4. The van der Waals surface area contributed by atoms with E-state index in [2.05, 4.69) is 27.4 Å². The summed E-state index contributed by atoms with van der Waals surface area (Å²) in [4.78, 5) is 25.0. The minimum atomic E-state index is -0.370. The predicted octanol–water partition coefficient (Wildman–Crippen LogP) is 4.30. The van der Waals surface area contributed by atoms with Crippen LogP contribution in [0.3, 0.4) is 0 Å². The molecule has 1 atom stereocenters. The highest BCUT2D eigenvalue weighted by Crippen LogP contribution is 2.22. The fraction of sp³-hybridized carbons (Fsp3) is 0.250. The number of anilines is 1. The summed E-state index contributed by atoms with van der Waals surface area (Å²) in [5.74, 6) is 0.484. The molecule has 0 unspecified atom stereocenters. The Kier molecular flexibility index (Phi) is 7.83. The van der Waals surface area contributed by atoms with Crippen LogP contribution in [0, 0.1) is 13.8 Å². The molecule has 0 aliphatic rings. The van der Waals surface area contributed by atoms with Crippen LogP contribution in [0.1, 0.15) is 40.3 Å². The lowest BCUT2D eigenvalue weighted by Crippen LogP contribution is -2.28. The quantitative estimate of drug-likeness (QED) is 0.376. The predicted molar refractivity (Wildman–Crippen MR) is 128 cm³/mol. The first-order valence-corrected chi connectivity index (χ1v) is 11.3. The average Bonchev–Trinajstić information content (AvgIpc) is 3.15. The fourth-order valence-electron chi connectivity index (χ4n) is 3.21. The maximum atomic E-state index is 12.6. The Morgan fingerprint density at radius 3 is 2.53 bits per heavy atom. The second-order valence-electron chi connectivity index (χ2n) is 7.51. The van der Waals surface area contributed by atoms with E-state index in [9.17, 15) is 9.59 Å². The topological polar surface area (TPSA) is 88.9 Å². The first kappa shape index (κ1) is 23.3. The average molecular weight is 450 g/mol. The van der Waals surface area contributed by atoms with Gasteiger partial charge in [-0.15, -0.1) is 16.8 Å². The number of thioether (sulfide) groups is 1. The van der Waals surface area contributed by atoms with Gasteiger partial charge in [0.1, 0.15) is 0 Å². The smallest absolute Gasteiger partial charge is 0.251 e. The van der Waals surface area contributed by atoms with Crippen LogP contribution >= 0.6 is 11.8 Å². The second kappa shape index (κ2) is 10.8. The summed E-state index contributed by atoms with van der Waals surface area (Å²) in [7, 11) is 0. The van der Waals surface area contributed by atoms with Gasteiger partial charge in [0.15, 0.2) is 11.0 Å². The summed E-state index contributed by atoms with van der Waals surface area (Å²) in [5, 5.41) is 15.0. The number of benzene rings is 2. The van der Waals surface area contributed by atoms with Gasteiger partial charge >= 0.3 is 0 Å². The molecule has 2 amide bonds. The van der Waals surface area contributed by atoms with E-state index in [0.717, 1.165) is 16.8 Å². The molecule has 166 valence electrons. The highest BCUT2D eigenvalue weighted by Gasteiger charge is 2.20. The van der Waals surface area contributed by atoms with Gasteiger partial charge in [0, 0.05) is 17.8 Å². The SMILES string of the molecule is C=CCn1c(SCC(=O)Nc2cccc(C)c2)nnc1[C@H](C)NC(=O)c1cccc(C)c1. The zero-order chi connectivity index (χ0) is 23.1. The highest BCUT2D eigenvalue weighted by atomic mass is 32.2. The van der Waals surface area contributed by atoms with E-state index >= 15 is 0 Å². The molecule has 8 heteroatoms. The van der Waals surface area contributed by atoms with Crippen LogP contribution in [0.15, 0.2) is 66.3 Å². The van der Waals surface area contributed by atoms with Crippen LogP contribution in [-0.4, -0.2) is 32.3 Å². The molecule has 0 radical (unpaired) electrons. The number of allylic oxidation sites excluding steroid dienone is 1. The van der Waals surface area contributed by atoms with Gasteiger partial charge < -0.3 is 15.2 Å². The minimum Gasteiger partial charge on any atom is -0.342 e. The molecule has 0 aliphatic carbocycles. The maximum Gasteiger partial charge on any atom is 0.251 e. The van der Waals surface area contributed by atoms with Crippen LogP contribution in [0.5, 0.6) is 0 Å². The number of amides is 2. The lowest BCUT2D eigenvalue weighted by molar-refractivity contribution is -0.113. The molecule has 0 fully saturated rings. The van der Waals surface area contributed by atoms with Crippen molar-refractivity contribution in [1.82, 2.24) is 20.1 Å². The van der Waals surface area contributed by atoms with E-state index in [4.69, 9.17) is 0 Å². The molecule has 32 heavy (non-hydrogen) atoms. The molecule has 0 bridgehead atoms. The van der Waals surface area contributed by atoms with E-state index in [0.29, 0.717) is 23.1 Å². The van der Waals surface area contributed by atoms with E-state index in [1.165, 1.54) is 11.8 Å². The summed E-state index contributed by atoms with van der Waals surface area (Å²) in [6, 6.07) is 14.7. The van der Waals surface area contributed by atoms with E-state index in [-0.39, 0.29) is 23.6 Å². The Hall–Kier alpha value is -3.39. The van der Waals surface area contributed by atoms with Crippen molar-refractivity contribution in [2.24, 2.45) is 0 Å². The molecular weight excluding hydrogens is 422 g/mol. The lowest BCUT2D eigenvalue weighted by Gasteiger charge is -2.15. The van der Waals surface area contributed by atoms with Crippen LogP contribution in [0.2, 0.25) is 0 Å². The fourth-order valence-corrected chi connectivity index (χ4v) is 3.96. The molecule has 1 aromatic heterocycles. The Labute approximate surface area is 192 Å². The summed E-state index contributed by atoms with van der Waals surface area (Å²) in [6.45, 7) is 10.0. The number of nitrogens with one attached hydrogen (secondary N) is 2. The Balaban J connectivity index is 1.66. The van der Waals surface area contributed by atoms with E-state index < -0.39 is 0 Å². The number of aryl methyl sites for hydroxylation is 2. The van der Waals surface area contributed by atoms with Crippen LogP contribution in [-0.2, 0) is 11.3 Å². The molecular formula is C24H27N5O2S. The second-order valence-corrected chi connectivity index (χ2v) is 8.45. The number of nitrogens with zero attached hydrogens (tertiary/aromatic N) is 3. The monoisotopic (exact) mass is 449 g/mol. The Morgan fingerprint density at radius 1 is 1.12 bits per heavy atom. The number of carbonyl (C=O) groups is 2. The lowest BCUT2D eigenvalue weighted by atomic mass is 10.1. The highest BCUT2D eigenvalue weighted by molar-refractivity contribution is 7.99. The number of rotatable bonds is 9. The largest absolute Gasteiger partial charge is 0.342 e. The summed E-state index contributed by atoms with van der Waals surface area (Å²) >= 11 is 1.29.